The predicted molar refractivity (Wildman–Crippen MR) is 64.2 cm³/mol. The van der Waals surface area contributed by atoms with E-state index in [9.17, 15) is 4.79 Å². The lowest BCUT2D eigenvalue weighted by Gasteiger charge is -2.08. The highest BCUT2D eigenvalue weighted by atomic mass is 16.6. The summed E-state index contributed by atoms with van der Waals surface area (Å²) in [5.74, 6) is 0.241. The van der Waals surface area contributed by atoms with Crippen molar-refractivity contribution in [3.8, 4) is 5.75 Å². The van der Waals surface area contributed by atoms with Gasteiger partial charge in [0.15, 0.2) is 0 Å². The molecular formula is C12H16O6. The molecule has 1 aromatic rings. The van der Waals surface area contributed by atoms with E-state index in [1.54, 1.807) is 25.1 Å². The van der Waals surface area contributed by atoms with Crippen molar-refractivity contribution in [2.24, 2.45) is 0 Å². The minimum absolute atomic E-state index is 0.337. The molecule has 1 rings (SSSR count). The summed E-state index contributed by atoms with van der Waals surface area (Å²) in [6.07, 6.45) is -1.83. The monoisotopic (exact) mass is 256 g/mol. The smallest absolute Gasteiger partial charge is 0.493 e. The summed E-state index contributed by atoms with van der Waals surface area (Å²) in [6.45, 7) is 4.57. The van der Waals surface area contributed by atoms with Crippen LogP contribution in [0.3, 0.4) is 0 Å². The van der Waals surface area contributed by atoms with Gasteiger partial charge in [0.25, 0.3) is 0 Å². The third kappa shape index (κ3) is 6.37. The average Bonchev–Trinajstić information content (AvgIpc) is 2.29. The number of para-hydroxylation sites is 1. The number of carbonyl (C=O) groups is 2. The molecule has 0 radical (unpaired) electrons. The van der Waals surface area contributed by atoms with Gasteiger partial charge >= 0.3 is 12.1 Å². The second kappa shape index (κ2) is 8.86. The van der Waals surface area contributed by atoms with Crippen molar-refractivity contribution in [3.63, 3.8) is 0 Å². The van der Waals surface area contributed by atoms with Crippen LogP contribution in [0.4, 0.5) is 4.79 Å². The quantitative estimate of drug-likeness (QED) is 0.804. The van der Waals surface area contributed by atoms with Crippen molar-refractivity contribution in [2.45, 2.75) is 13.8 Å². The van der Waals surface area contributed by atoms with Crippen molar-refractivity contribution in [2.75, 3.05) is 13.2 Å². The summed E-state index contributed by atoms with van der Waals surface area (Å²) in [5.41, 5.74) is 0.483. The number of carboxylic acid groups (broad SMARTS) is 2. The van der Waals surface area contributed by atoms with Gasteiger partial charge in [0.05, 0.1) is 13.2 Å². The molecule has 100 valence electrons. The van der Waals surface area contributed by atoms with Crippen LogP contribution in [0.1, 0.15) is 24.2 Å². The first-order valence-electron chi connectivity index (χ1n) is 5.33. The zero-order chi connectivity index (χ0) is 14.0. The number of esters is 1. The number of carbonyl (C=O) groups excluding carboxylic acids is 1. The highest BCUT2D eigenvalue weighted by Crippen LogP contribution is 2.18. The summed E-state index contributed by atoms with van der Waals surface area (Å²) >= 11 is 0. The fourth-order valence-corrected chi connectivity index (χ4v) is 1.13. The molecule has 18 heavy (non-hydrogen) atoms. The van der Waals surface area contributed by atoms with Crippen LogP contribution in [0, 0.1) is 0 Å². The first-order chi connectivity index (χ1) is 8.52. The zero-order valence-corrected chi connectivity index (χ0v) is 10.3. The topological polar surface area (TPSA) is 93.1 Å². The van der Waals surface area contributed by atoms with Crippen molar-refractivity contribution in [1.29, 1.82) is 0 Å². The lowest BCUT2D eigenvalue weighted by atomic mass is 10.2. The molecular weight excluding hydrogens is 240 g/mol. The van der Waals surface area contributed by atoms with E-state index < -0.39 is 6.16 Å². The Morgan fingerprint density at radius 3 is 2.17 bits per heavy atom. The van der Waals surface area contributed by atoms with Gasteiger partial charge in [-0.3, -0.25) is 0 Å². The third-order valence-electron chi connectivity index (χ3n) is 1.68. The normalized spacial score (nSPS) is 8.78. The van der Waals surface area contributed by atoms with E-state index in [0.29, 0.717) is 24.5 Å². The number of rotatable bonds is 4. The second-order valence-corrected chi connectivity index (χ2v) is 2.93. The molecule has 0 aliphatic carbocycles. The maximum atomic E-state index is 11.4. The number of ether oxygens (including phenoxy) is 2. The van der Waals surface area contributed by atoms with E-state index in [2.05, 4.69) is 0 Å². The molecule has 0 aliphatic heterocycles. The Bertz CT molecular complexity index is 384. The molecule has 0 aliphatic rings. The summed E-state index contributed by atoms with van der Waals surface area (Å²) < 4.78 is 10.2. The fourth-order valence-electron chi connectivity index (χ4n) is 1.13. The minimum atomic E-state index is -1.83. The number of benzene rings is 1. The average molecular weight is 256 g/mol. The van der Waals surface area contributed by atoms with Crippen LogP contribution < -0.4 is 4.74 Å². The van der Waals surface area contributed by atoms with E-state index in [1.165, 1.54) is 0 Å². The van der Waals surface area contributed by atoms with Gasteiger partial charge in [0.1, 0.15) is 11.3 Å². The summed E-state index contributed by atoms with van der Waals surface area (Å²) in [5, 5.41) is 13.9. The van der Waals surface area contributed by atoms with Crippen LogP contribution in [0.5, 0.6) is 5.75 Å². The van der Waals surface area contributed by atoms with Crippen molar-refractivity contribution in [1.82, 2.24) is 0 Å². The largest absolute Gasteiger partial charge is 0.503 e. The van der Waals surface area contributed by atoms with Crippen LogP contribution in [0.2, 0.25) is 0 Å². The van der Waals surface area contributed by atoms with Crippen molar-refractivity contribution >= 4 is 12.1 Å². The Kier molecular flexibility index (Phi) is 7.76. The molecule has 0 heterocycles. The van der Waals surface area contributed by atoms with E-state index in [-0.39, 0.29) is 5.97 Å². The van der Waals surface area contributed by atoms with Crippen LogP contribution in [0.15, 0.2) is 24.3 Å². The summed E-state index contributed by atoms with van der Waals surface area (Å²) in [6, 6.07) is 7.07. The molecule has 6 heteroatoms. The van der Waals surface area contributed by atoms with Crippen LogP contribution in [-0.4, -0.2) is 35.6 Å². The lowest BCUT2D eigenvalue weighted by Crippen LogP contribution is -2.07. The molecule has 6 nitrogen and oxygen atoms in total. The number of hydrogen-bond acceptors (Lipinski definition) is 4. The Hall–Kier alpha value is -2.24. The Morgan fingerprint density at radius 2 is 1.67 bits per heavy atom. The highest BCUT2D eigenvalue weighted by Gasteiger charge is 2.11. The second-order valence-electron chi connectivity index (χ2n) is 2.93. The fraction of sp³-hybridized carbons (Fsp3) is 0.333. The highest BCUT2D eigenvalue weighted by molar-refractivity contribution is 5.92. The van der Waals surface area contributed by atoms with E-state index in [0.717, 1.165) is 0 Å². The van der Waals surface area contributed by atoms with Crippen LogP contribution in [0.25, 0.3) is 0 Å². The molecule has 0 amide bonds. The van der Waals surface area contributed by atoms with Gasteiger partial charge in [0.2, 0.25) is 0 Å². The van der Waals surface area contributed by atoms with Gasteiger partial charge < -0.3 is 19.7 Å². The molecule has 0 saturated heterocycles. The van der Waals surface area contributed by atoms with Gasteiger partial charge in [-0.25, -0.2) is 9.59 Å². The molecule has 0 fully saturated rings. The predicted octanol–water partition coefficient (Wildman–Crippen LogP) is 2.48. The van der Waals surface area contributed by atoms with Gasteiger partial charge in [-0.05, 0) is 26.0 Å². The lowest BCUT2D eigenvalue weighted by molar-refractivity contribution is 0.0522. The summed E-state index contributed by atoms with van der Waals surface area (Å²) in [4.78, 5) is 20.0. The number of hydrogen-bond donors (Lipinski definition) is 2. The minimum Gasteiger partial charge on any atom is -0.493 e. The van der Waals surface area contributed by atoms with Crippen LogP contribution >= 0.6 is 0 Å². The first kappa shape index (κ1) is 15.8. The van der Waals surface area contributed by atoms with Gasteiger partial charge in [-0.15, -0.1) is 0 Å². The van der Waals surface area contributed by atoms with Crippen LogP contribution in [-0.2, 0) is 4.74 Å². The Balaban J connectivity index is 0.000000631. The maximum Gasteiger partial charge on any atom is 0.503 e. The molecule has 0 atom stereocenters. The molecule has 0 aromatic heterocycles. The molecule has 0 saturated carbocycles. The third-order valence-corrected chi connectivity index (χ3v) is 1.68. The van der Waals surface area contributed by atoms with Gasteiger partial charge in [-0.1, -0.05) is 12.1 Å². The molecule has 0 spiro atoms. The van der Waals surface area contributed by atoms with E-state index >= 15 is 0 Å². The Labute approximate surface area is 105 Å². The van der Waals surface area contributed by atoms with E-state index in [1.807, 2.05) is 13.0 Å². The standard InChI is InChI=1S/C11H14O3.CH2O3/c1-3-13-10-8-6-5-7-9(10)11(12)14-4-2;2-1(3)4/h5-8H,3-4H2,1-2H3;(H2,2,3,4). The molecule has 0 bridgehead atoms. The van der Waals surface area contributed by atoms with Gasteiger partial charge in [-0.2, -0.15) is 0 Å². The van der Waals surface area contributed by atoms with Gasteiger partial charge in [0, 0.05) is 0 Å². The Morgan fingerprint density at radius 1 is 1.11 bits per heavy atom. The zero-order valence-electron chi connectivity index (χ0n) is 10.3. The molecule has 1 aromatic carbocycles. The SMILES string of the molecule is CCOC(=O)c1ccccc1OCC.O=C(O)O. The summed E-state index contributed by atoms with van der Waals surface area (Å²) in [7, 11) is 0. The first-order valence-corrected chi connectivity index (χ1v) is 5.33. The molecule has 2 N–H and O–H groups in total. The van der Waals surface area contributed by atoms with Crippen molar-refractivity contribution < 1.29 is 29.3 Å². The molecule has 0 unspecified atom stereocenters. The van der Waals surface area contributed by atoms with Crippen molar-refractivity contribution in [3.05, 3.63) is 29.8 Å². The maximum absolute atomic E-state index is 11.4. The van der Waals surface area contributed by atoms with E-state index in [4.69, 9.17) is 24.5 Å².